The van der Waals surface area contributed by atoms with Crippen LogP contribution in [-0.4, -0.2) is 0 Å². The summed E-state index contributed by atoms with van der Waals surface area (Å²) in [7, 11) is 0. The standard InChI is InChI=1S/C14H15NS/c1-3-12(13-5-6-13)4-2-11(1)9-15-14-7-8-16-10-14/h1-4,7-8,10,13,15H,5-6,9H2. The van der Waals surface area contributed by atoms with E-state index in [0.29, 0.717) is 0 Å². The molecule has 3 rings (SSSR count). The zero-order valence-electron chi connectivity index (χ0n) is 9.15. The zero-order chi connectivity index (χ0) is 10.8. The summed E-state index contributed by atoms with van der Waals surface area (Å²) in [4.78, 5) is 0. The summed E-state index contributed by atoms with van der Waals surface area (Å²) < 4.78 is 0. The first-order valence-corrected chi connectivity index (χ1v) is 6.71. The molecule has 0 bridgehead atoms. The zero-order valence-corrected chi connectivity index (χ0v) is 9.96. The second kappa shape index (κ2) is 4.30. The third-order valence-electron chi connectivity index (χ3n) is 3.05. The SMILES string of the molecule is c1cc(NCc2ccc(C3CC3)cc2)cs1. The van der Waals surface area contributed by atoms with Gasteiger partial charge in [0.1, 0.15) is 0 Å². The highest BCUT2D eigenvalue weighted by molar-refractivity contribution is 7.08. The van der Waals surface area contributed by atoms with Gasteiger partial charge in [-0.15, -0.1) is 0 Å². The van der Waals surface area contributed by atoms with E-state index in [0.717, 1.165) is 12.5 Å². The third-order valence-corrected chi connectivity index (χ3v) is 3.73. The third kappa shape index (κ3) is 2.27. The average Bonchev–Trinajstić information content (AvgIpc) is 3.05. The van der Waals surface area contributed by atoms with Gasteiger partial charge in [-0.3, -0.25) is 0 Å². The van der Waals surface area contributed by atoms with Crippen LogP contribution in [0.5, 0.6) is 0 Å². The molecule has 16 heavy (non-hydrogen) atoms. The van der Waals surface area contributed by atoms with Crippen LogP contribution in [0.2, 0.25) is 0 Å². The maximum absolute atomic E-state index is 3.42. The minimum absolute atomic E-state index is 0.860. The molecule has 0 radical (unpaired) electrons. The molecule has 1 nitrogen and oxygen atoms in total. The number of rotatable bonds is 4. The van der Waals surface area contributed by atoms with E-state index in [1.54, 1.807) is 11.3 Å². The van der Waals surface area contributed by atoms with Gasteiger partial charge in [-0.05, 0) is 41.3 Å². The number of anilines is 1. The average molecular weight is 229 g/mol. The lowest BCUT2D eigenvalue weighted by Crippen LogP contribution is -1.97. The van der Waals surface area contributed by atoms with Crippen molar-refractivity contribution in [3.63, 3.8) is 0 Å². The van der Waals surface area contributed by atoms with E-state index in [2.05, 4.69) is 46.4 Å². The quantitative estimate of drug-likeness (QED) is 0.827. The molecule has 82 valence electrons. The Bertz CT molecular complexity index is 440. The van der Waals surface area contributed by atoms with Gasteiger partial charge in [0.25, 0.3) is 0 Å². The van der Waals surface area contributed by atoms with E-state index in [1.807, 2.05) is 0 Å². The van der Waals surface area contributed by atoms with Crippen LogP contribution in [0.4, 0.5) is 5.69 Å². The summed E-state index contributed by atoms with van der Waals surface area (Å²) in [5.74, 6) is 0.860. The molecule has 1 N–H and O–H groups in total. The van der Waals surface area contributed by atoms with Crippen molar-refractivity contribution in [3.8, 4) is 0 Å². The molecule has 1 aliphatic carbocycles. The fourth-order valence-corrected chi connectivity index (χ4v) is 2.51. The largest absolute Gasteiger partial charge is 0.380 e. The van der Waals surface area contributed by atoms with Crippen molar-refractivity contribution in [1.82, 2.24) is 0 Å². The molecule has 0 saturated heterocycles. The Kier molecular flexibility index (Phi) is 2.66. The fraction of sp³-hybridized carbons (Fsp3) is 0.286. The molecule has 0 atom stereocenters. The van der Waals surface area contributed by atoms with Gasteiger partial charge in [0.05, 0.1) is 0 Å². The van der Waals surface area contributed by atoms with E-state index in [9.17, 15) is 0 Å². The van der Waals surface area contributed by atoms with Crippen LogP contribution in [-0.2, 0) is 6.54 Å². The van der Waals surface area contributed by atoms with Crippen molar-refractivity contribution in [1.29, 1.82) is 0 Å². The minimum Gasteiger partial charge on any atom is -0.380 e. The molecule has 1 fully saturated rings. The molecule has 2 aromatic rings. The summed E-state index contributed by atoms with van der Waals surface area (Å²) >= 11 is 1.73. The molecule has 1 aliphatic rings. The van der Waals surface area contributed by atoms with Crippen molar-refractivity contribution in [2.45, 2.75) is 25.3 Å². The predicted octanol–water partition coefficient (Wildman–Crippen LogP) is 4.24. The maximum atomic E-state index is 3.42. The normalized spacial score (nSPS) is 15.0. The van der Waals surface area contributed by atoms with Crippen molar-refractivity contribution < 1.29 is 0 Å². The van der Waals surface area contributed by atoms with Crippen LogP contribution >= 0.6 is 11.3 Å². The van der Waals surface area contributed by atoms with Gasteiger partial charge in [-0.1, -0.05) is 24.3 Å². The van der Waals surface area contributed by atoms with Gasteiger partial charge in [0.15, 0.2) is 0 Å². The topological polar surface area (TPSA) is 12.0 Å². The summed E-state index contributed by atoms with van der Waals surface area (Å²) in [5.41, 5.74) is 4.09. The summed E-state index contributed by atoms with van der Waals surface area (Å²) in [5, 5.41) is 7.65. The lowest BCUT2D eigenvalue weighted by Gasteiger charge is -2.05. The van der Waals surface area contributed by atoms with Gasteiger partial charge in [0, 0.05) is 17.6 Å². The number of thiophene rings is 1. The first-order chi connectivity index (χ1) is 7.92. The Morgan fingerprint density at radius 1 is 1.12 bits per heavy atom. The van der Waals surface area contributed by atoms with E-state index in [-0.39, 0.29) is 0 Å². The number of hydrogen-bond donors (Lipinski definition) is 1. The number of benzene rings is 1. The van der Waals surface area contributed by atoms with Crippen molar-refractivity contribution in [3.05, 3.63) is 52.2 Å². The second-order valence-corrected chi connectivity index (χ2v) is 5.16. The van der Waals surface area contributed by atoms with Gasteiger partial charge in [-0.25, -0.2) is 0 Å². The van der Waals surface area contributed by atoms with E-state index in [4.69, 9.17) is 0 Å². The summed E-state index contributed by atoms with van der Waals surface area (Å²) in [6, 6.07) is 11.2. The fourth-order valence-electron chi connectivity index (χ4n) is 1.89. The van der Waals surface area contributed by atoms with Crippen LogP contribution in [0, 0.1) is 0 Å². The lowest BCUT2D eigenvalue weighted by molar-refractivity contribution is 1.10. The Labute approximate surface area is 100 Å². The highest BCUT2D eigenvalue weighted by atomic mass is 32.1. The molecular weight excluding hydrogens is 214 g/mol. The van der Waals surface area contributed by atoms with Crippen LogP contribution < -0.4 is 5.32 Å². The maximum Gasteiger partial charge on any atom is 0.0451 e. The first-order valence-electron chi connectivity index (χ1n) is 5.77. The van der Waals surface area contributed by atoms with Crippen LogP contribution in [0.1, 0.15) is 29.9 Å². The molecule has 1 aromatic heterocycles. The van der Waals surface area contributed by atoms with Crippen molar-refractivity contribution in [2.75, 3.05) is 5.32 Å². The molecule has 0 spiro atoms. The van der Waals surface area contributed by atoms with E-state index in [1.165, 1.54) is 29.7 Å². The summed E-state index contributed by atoms with van der Waals surface area (Å²) in [6.07, 6.45) is 2.76. The molecule has 1 heterocycles. The molecule has 0 unspecified atom stereocenters. The van der Waals surface area contributed by atoms with Crippen LogP contribution in [0.15, 0.2) is 41.1 Å². The lowest BCUT2D eigenvalue weighted by atomic mass is 10.1. The minimum atomic E-state index is 0.860. The highest BCUT2D eigenvalue weighted by Gasteiger charge is 2.22. The van der Waals surface area contributed by atoms with Gasteiger partial charge in [-0.2, -0.15) is 11.3 Å². The number of hydrogen-bond acceptors (Lipinski definition) is 2. The highest BCUT2D eigenvalue weighted by Crippen LogP contribution is 2.39. The smallest absolute Gasteiger partial charge is 0.0451 e. The van der Waals surface area contributed by atoms with E-state index >= 15 is 0 Å². The first kappa shape index (κ1) is 9.91. The molecule has 1 aromatic carbocycles. The Balaban J connectivity index is 1.61. The molecular formula is C14H15NS. The molecule has 1 saturated carbocycles. The Morgan fingerprint density at radius 2 is 1.94 bits per heavy atom. The van der Waals surface area contributed by atoms with Crippen molar-refractivity contribution >= 4 is 17.0 Å². The van der Waals surface area contributed by atoms with Crippen molar-refractivity contribution in [2.24, 2.45) is 0 Å². The number of nitrogens with one attached hydrogen (secondary N) is 1. The molecule has 0 amide bonds. The molecule has 0 aliphatic heterocycles. The van der Waals surface area contributed by atoms with Gasteiger partial charge >= 0.3 is 0 Å². The van der Waals surface area contributed by atoms with Gasteiger partial charge in [0.2, 0.25) is 0 Å². The van der Waals surface area contributed by atoms with E-state index < -0.39 is 0 Å². The van der Waals surface area contributed by atoms with Gasteiger partial charge < -0.3 is 5.32 Å². The predicted molar refractivity (Wildman–Crippen MR) is 70.1 cm³/mol. The van der Waals surface area contributed by atoms with Crippen LogP contribution in [0.3, 0.4) is 0 Å². The summed E-state index contributed by atoms with van der Waals surface area (Å²) in [6.45, 7) is 0.918. The second-order valence-electron chi connectivity index (χ2n) is 4.38. The monoisotopic (exact) mass is 229 g/mol. The van der Waals surface area contributed by atoms with Crippen LogP contribution in [0.25, 0.3) is 0 Å². The molecule has 2 heteroatoms. The Morgan fingerprint density at radius 3 is 2.56 bits per heavy atom. The Hall–Kier alpha value is -1.28.